The summed E-state index contributed by atoms with van der Waals surface area (Å²) in [5.41, 5.74) is 5.04. The van der Waals surface area contributed by atoms with Crippen molar-refractivity contribution in [2.75, 3.05) is 18.0 Å². The number of carbonyl (C=O) groups excluding carboxylic acids is 1. The number of primary amides is 1. The van der Waals surface area contributed by atoms with Gasteiger partial charge in [-0.15, -0.1) is 0 Å². The molecular weight excluding hydrogens is 258 g/mol. The van der Waals surface area contributed by atoms with E-state index in [2.05, 4.69) is 4.98 Å². The van der Waals surface area contributed by atoms with Crippen LogP contribution in [0.4, 0.5) is 5.82 Å². The van der Waals surface area contributed by atoms with E-state index in [1.54, 1.807) is 18.3 Å². The fourth-order valence-corrected chi connectivity index (χ4v) is 2.63. The average molecular weight is 277 g/mol. The number of nitrogens with two attached hydrogens (primary N) is 1. The van der Waals surface area contributed by atoms with Crippen LogP contribution in [0, 0.1) is 5.41 Å². The number of hydrogen-bond acceptors (Lipinski definition) is 4. The summed E-state index contributed by atoms with van der Waals surface area (Å²) < 4.78 is 0. The molecule has 20 heavy (non-hydrogen) atoms. The van der Waals surface area contributed by atoms with Gasteiger partial charge in [-0.05, 0) is 31.4 Å². The van der Waals surface area contributed by atoms with Gasteiger partial charge in [0.1, 0.15) is 5.82 Å². The molecule has 1 aromatic heterocycles. The van der Waals surface area contributed by atoms with E-state index < -0.39 is 17.3 Å². The second-order valence-electron chi connectivity index (χ2n) is 5.19. The number of aromatic nitrogens is 1. The standard InChI is InChI=1S/C14H19N3O3/c1-2-14(13(19)20)4-7-17(8-5-14)11-9-10(12(15)18)3-6-16-11/h3,6,9H,2,4-5,7-8H2,1H3,(H2,15,18)(H,19,20). The van der Waals surface area contributed by atoms with E-state index in [1.807, 2.05) is 11.8 Å². The summed E-state index contributed by atoms with van der Waals surface area (Å²) in [6, 6.07) is 3.23. The molecule has 1 aliphatic rings. The molecule has 6 heteroatoms. The minimum absolute atomic E-state index is 0.417. The Bertz CT molecular complexity index is 522. The molecule has 0 radical (unpaired) electrons. The minimum atomic E-state index is -0.724. The van der Waals surface area contributed by atoms with Crippen LogP contribution in [-0.2, 0) is 4.79 Å². The predicted molar refractivity (Wildman–Crippen MR) is 74.6 cm³/mol. The second-order valence-corrected chi connectivity index (χ2v) is 5.19. The normalized spacial score (nSPS) is 17.8. The summed E-state index contributed by atoms with van der Waals surface area (Å²) in [7, 11) is 0. The quantitative estimate of drug-likeness (QED) is 0.863. The minimum Gasteiger partial charge on any atom is -0.481 e. The third kappa shape index (κ3) is 2.59. The third-order valence-electron chi connectivity index (χ3n) is 4.21. The number of carbonyl (C=O) groups is 2. The van der Waals surface area contributed by atoms with E-state index in [1.165, 1.54) is 0 Å². The fraction of sp³-hybridized carbons (Fsp3) is 0.500. The molecule has 6 nitrogen and oxygen atoms in total. The van der Waals surface area contributed by atoms with Crippen LogP contribution in [0.25, 0.3) is 0 Å². The van der Waals surface area contributed by atoms with Gasteiger partial charge < -0.3 is 15.7 Å². The zero-order chi connectivity index (χ0) is 14.8. The Morgan fingerprint density at radius 2 is 2.10 bits per heavy atom. The van der Waals surface area contributed by atoms with Gasteiger partial charge in [0, 0.05) is 24.8 Å². The highest BCUT2D eigenvalue weighted by Gasteiger charge is 2.40. The van der Waals surface area contributed by atoms with Crippen molar-refractivity contribution >= 4 is 17.7 Å². The summed E-state index contributed by atoms with van der Waals surface area (Å²) in [5.74, 6) is -0.533. The smallest absolute Gasteiger partial charge is 0.309 e. The number of anilines is 1. The molecule has 0 saturated carbocycles. The Morgan fingerprint density at radius 1 is 1.45 bits per heavy atom. The van der Waals surface area contributed by atoms with Crippen molar-refractivity contribution < 1.29 is 14.7 Å². The average Bonchev–Trinajstić information content (AvgIpc) is 2.47. The van der Waals surface area contributed by atoms with Crippen LogP contribution in [0.3, 0.4) is 0 Å². The molecule has 1 saturated heterocycles. The molecule has 2 rings (SSSR count). The van der Waals surface area contributed by atoms with Crippen molar-refractivity contribution in [2.45, 2.75) is 26.2 Å². The molecule has 0 unspecified atom stereocenters. The lowest BCUT2D eigenvalue weighted by atomic mass is 9.76. The van der Waals surface area contributed by atoms with Crippen LogP contribution >= 0.6 is 0 Å². The van der Waals surface area contributed by atoms with E-state index in [0.717, 1.165) is 0 Å². The number of piperidine rings is 1. The van der Waals surface area contributed by atoms with E-state index in [4.69, 9.17) is 5.73 Å². The number of aliphatic carboxylic acids is 1. The van der Waals surface area contributed by atoms with Crippen molar-refractivity contribution in [3.63, 3.8) is 0 Å². The first-order chi connectivity index (χ1) is 9.48. The van der Waals surface area contributed by atoms with Gasteiger partial charge in [0.25, 0.3) is 0 Å². The summed E-state index contributed by atoms with van der Waals surface area (Å²) in [6.45, 7) is 3.15. The molecule has 1 amide bonds. The number of rotatable bonds is 4. The van der Waals surface area contributed by atoms with Gasteiger partial charge in [0.2, 0.25) is 5.91 Å². The van der Waals surface area contributed by atoms with E-state index in [9.17, 15) is 14.7 Å². The van der Waals surface area contributed by atoms with E-state index >= 15 is 0 Å². The summed E-state index contributed by atoms with van der Waals surface area (Å²) in [5, 5.41) is 9.37. The SMILES string of the molecule is CCC1(C(=O)O)CCN(c2cc(C(N)=O)ccn2)CC1. The Hall–Kier alpha value is -2.11. The van der Waals surface area contributed by atoms with Gasteiger partial charge >= 0.3 is 5.97 Å². The van der Waals surface area contributed by atoms with Crippen molar-refractivity contribution in [2.24, 2.45) is 11.1 Å². The Balaban J connectivity index is 2.13. The largest absolute Gasteiger partial charge is 0.481 e. The maximum absolute atomic E-state index is 11.4. The molecule has 0 atom stereocenters. The molecule has 3 N–H and O–H groups in total. The monoisotopic (exact) mass is 277 g/mol. The van der Waals surface area contributed by atoms with Crippen molar-refractivity contribution in [3.05, 3.63) is 23.9 Å². The molecule has 0 aliphatic carbocycles. The zero-order valence-corrected chi connectivity index (χ0v) is 11.5. The number of hydrogen-bond donors (Lipinski definition) is 2. The first-order valence-electron chi connectivity index (χ1n) is 6.73. The Morgan fingerprint density at radius 3 is 2.60 bits per heavy atom. The van der Waals surface area contributed by atoms with Crippen LogP contribution < -0.4 is 10.6 Å². The number of carboxylic acids is 1. The van der Waals surface area contributed by atoms with Gasteiger partial charge in [-0.25, -0.2) is 4.98 Å². The van der Waals surface area contributed by atoms with Gasteiger partial charge in [-0.3, -0.25) is 9.59 Å². The lowest BCUT2D eigenvalue weighted by Gasteiger charge is -2.38. The summed E-state index contributed by atoms with van der Waals surface area (Å²) in [4.78, 5) is 28.8. The van der Waals surface area contributed by atoms with Crippen LogP contribution in [-0.4, -0.2) is 35.1 Å². The lowest BCUT2D eigenvalue weighted by molar-refractivity contribution is -0.150. The van der Waals surface area contributed by atoms with Crippen LogP contribution in [0.15, 0.2) is 18.3 Å². The van der Waals surface area contributed by atoms with Crippen LogP contribution in [0.1, 0.15) is 36.5 Å². The van der Waals surface area contributed by atoms with Gasteiger partial charge in [0.15, 0.2) is 0 Å². The molecule has 1 fully saturated rings. The highest BCUT2D eigenvalue weighted by Crippen LogP contribution is 2.36. The molecule has 1 aromatic rings. The highest BCUT2D eigenvalue weighted by molar-refractivity contribution is 5.93. The van der Waals surface area contributed by atoms with Crippen molar-refractivity contribution in [3.8, 4) is 0 Å². The van der Waals surface area contributed by atoms with Crippen LogP contribution in [0.2, 0.25) is 0 Å². The molecule has 2 heterocycles. The first-order valence-corrected chi connectivity index (χ1v) is 6.73. The van der Waals surface area contributed by atoms with Crippen molar-refractivity contribution in [1.82, 2.24) is 4.98 Å². The lowest BCUT2D eigenvalue weighted by Crippen LogP contribution is -2.44. The van der Waals surface area contributed by atoms with E-state index in [0.29, 0.717) is 43.7 Å². The molecule has 1 aliphatic heterocycles. The highest BCUT2D eigenvalue weighted by atomic mass is 16.4. The first kappa shape index (κ1) is 14.3. The maximum Gasteiger partial charge on any atom is 0.309 e. The molecule has 108 valence electrons. The number of pyridine rings is 1. The van der Waals surface area contributed by atoms with Gasteiger partial charge in [0.05, 0.1) is 5.41 Å². The molecule has 0 spiro atoms. The summed E-state index contributed by atoms with van der Waals surface area (Å²) >= 11 is 0. The number of nitrogens with zero attached hydrogens (tertiary/aromatic N) is 2. The Labute approximate surface area is 117 Å². The fourth-order valence-electron chi connectivity index (χ4n) is 2.63. The maximum atomic E-state index is 11.4. The topological polar surface area (TPSA) is 96.5 Å². The number of carboxylic acid groups (broad SMARTS) is 1. The molecule has 0 bridgehead atoms. The third-order valence-corrected chi connectivity index (χ3v) is 4.21. The van der Waals surface area contributed by atoms with Crippen molar-refractivity contribution in [1.29, 1.82) is 0 Å². The number of amides is 1. The van der Waals surface area contributed by atoms with E-state index in [-0.39, 0.29) is 0 Å². The molecule has 0 aromatic carbocycles. The summed E-state index contributed by atoms with van der Waals surface area (Å²) in [6.07, 6.45) is 3.35. The Kier molecular flexibility index (Phi) is 3.92. The molecular formula is C14H19N3O3. The zero-order valence-electron chi connectivity index (χ0n) is 11.5. The van der Waals surface area contributed by atoms with Gasteiger partial charge in [-0.2, -0.15) is 0 Å². The van der Waals surface area contributed by atoms with Gasteiger partial charge in [-0.1, -0.05) is 6.92 Å². The second kappa shape index (κ2) is 5.48. The predicted octanol–water partition coefficient (Wildman–Crippen LogP) is 1.26. The van der Waals surface area contributed by atoms with Crippen LogP contribution in [0.5, 0.6) is 0 Å².